The number of carbonyl (C=O) groups is 1. The molecule has 0 radical (unpaired) electrons. The van der Waals surface area contributed by atoms with Crippen LogP contribution in [0.3, 0.4) is 0 Å². The number of carbonyl (C=O) groups excluding carboxylic acids is 1. The van der Waals surface area contributed by atoms with Gasteiger partial charge in [0.05, 0.1) is 13.0 Å². The largest absolute Gasteiger partial charge is 0.493 e. The molecule has 1 saturated heterocycles. The fraction of sp³-hybridized carbons (Fsp3) is 0.286. The molecule has 1 aliphatic heterocycles. The first-order chi connectivity index (χ1) is 13.9. The summed E-state index contributed by atoms with van der Waals surface area (Å²) in [6, 6.07) is 16.2. The van der Waals surface area contributed by atoms with E-state index in [2.05, 4.69) is 0 Å². The van der Waals surface area contributed by atoms with Gasteiger partial charge in [-0.05, 0) is 35.9 Å². The summed E-state index contributed by atoms with van der Waals surface area (Å²) < 4.78 is 31.9. The summed E-state index contributed by atoms with van der Waals surface area (Å²) in [5.74, 6) is 0.610. The predicted molar refractivity (Wildman–Crippen MR) is 114 cm³/mol. The van der Waals surface area contributed by atoms with Gasteiger partial charge < -0.3 is 9.64 Å². The van der Waals surface area contributed by atoms with Crippen molar-refractivity contribution >= 4 is 33.6 Å². The maximum absolute atomic E-state index is 12.5. The van der Waals surface area contributed by atoms with Crippen LogP contribution in [-0.4, -0.2) is 56.3 Å². The molecular formula is C21H23ClN2O4S. The Labute approximate surface area is 176 Å². The molecule has 0 saturated carbocycles. The summed E-state index contributed by atoms with van der Waals surface area (Å²) in [5.41, 5.74) is 0.825. The first-order valence-electron chi connectivity index (χ1n) is 9.33. The zero-order valence-corrected chi connectivity index (χ0v) is 17.5. The Hall–Kier alpha value is -2.35. The van der Waals surface area contributed by atoms with Crippen LogP contribution in [0.15, 0.2) is 60.0 Å². The lowest BCUT2D eigenvalue weighted by Gasteiger charge is -2.33. The Balaban J connectivity index is 1.44. The van der Waals surface area contributed by atoms with E-state index < -0.39 is 10.0 Å². The Morgan fingerprint density at radius 3 is 2.31 bits per heavy atom. The second kappa shape index (κ2) is 9.91. The fourth-order valence-electron chi connectivity index (χ4n) is 2.95. The van der Waals surface area contributed by atoms with Crippen LogP contribution in [0.5, 0.6) is 5.75 Å². The van der Waals surface area contributed by atoms with Gasteiger partial charge in [-0.3, -0.25) is 4.79 Å². The van der Waals surface area contributed by atoms with Crippen LogP contribution in [0.2, 0.25) is 5.02 Å². The summed E-state index contributed by atoms with van der Waals surface area (Å²) in [6.07, 6.45) is 1.82. The standard InChI is InChI=1S/C21H23ClN2O4S/c22-19-6-8-20(9-7-19)28-16-10-21(25)23-12-14-24(15-13-23)29(26,27)17-11-18-4-2-1-3-5-18/h1-9,11,17H,10,12-16H2/b17-11+. The normalized spacial score (nSPS) is 15.6. The molecule has 0 spiro atoms. The summed E-state index contributed by atoms with van der Waals surface area (Å²) >= 11 is 5.83. The van der Waals surface area contributed by atoms with Crippen LogP contribution in [0.25, 0.3) is 6.08 Å². The van der Waals surface area contributed by atoms with Crippen molar-refractivity contribution in [1.29, 1.82) is 0 Å². The molecule has 0 bridgehead atoms. The zero-order valence-electron chi connectivity index (χ0n) is 15.9. The topological polar surface area (TPSA) is 66.9 Å². The smallest absolute Gasteiger partial charge is 0.236 e. The van der Waals surface area contributed by atoms with Gasteiger partial charge in [-0.15, -0.1) is 0 Å². The van der Waals surface area contributed by atoms with E-state index in [4.69, 9.17) is 16.3 Å². The highest BCUT2D eigenvalue weighted by Gasteiger charge is 2.27. The minimum Gasteiger partial charge on any atom is -0.493 e. The van der Waals surface area contributed by atoms with Crippen LogP contribution in [0.1, 0.15) is 12.0 Å². The van der Waals surface area contributed by atoms with Crippen molar-refractivity contribution in [3.05, 3.63) is 70.6 Å². The van der Waals surface area contributed by atoms with E-state index in [0.717, 1.165) is 5.56 Å². The third-order valence-electron chi connectivity index (χ3n) is 4.58. The molecule has 0 unspecified atom stereocenters. The molecule has 1 heterocycles. The molecule has 0 atom stereocenters. The third-order valence-corrected chi connectivity index (χ3v) is 6.40. The minimum atomic E-state index is -3.51. The van der Waals surface area contributed by atoms with Gasteiger partial charge in [-0.25, -0.2) is 8.42 Å². The highest BCUT2D eigenvalue weighted by atomic mass is 35.5. The van der Waals surface area contributed by atoms with E-state index in [1.807, 2.05) is 30.3 Å². The van der Waals surface area contributed by atoms with Gasteiger partial charge in [-0.1, -0.05) is 41.9 Å². The number of benzene rings is 2. The quantitative estimate of drug-likeness (QED) is 0.670. The number of halogens is 1. The average Bonchev–Trinajstić information content (AvgIpc) is 2.74. The second-order valence-corrected chi connectivity index (χ2v) is 8.85. The van der Waals surface area contributed by atoms with Crippen LogP contribution >= 0.6 is 11.6 Å². The molecule has 0 aromatic heterocycles. The lowest BCUT2D eigenvalue weighted by Crippen LogP contribution is -2.50. The van der Waals surface area contributed by atoms with E-state index >= 15 is 0 Å². The molecule has 154 valence electrons. The van der Waals surface area contributed by atoms with Crippen molar-refractivity contribution in [1.82, 2.24) is 9.21 Å². The predicted octanol–water partition coefficient (Wildman–Crippen LogP) is 3.25. The van der Waals surface area contributed by atoms with Crippen molar-refractivity contribution in [2.45, 2.75) is 6.42 Å². The molecule has 3 rings (SSSR count). The lowest BCUT2D eigenvalue weighted by molar-refractivity contribution is -0.132. The van der Waals surface area contributed by atoms with Gasteiger partial charge in [-0.2, -0.15) is 4.31 Å². The highest BCUT2D eigenvalue weighted by Crippen LogP contribution is 2.16. The van der Waals surface area contributed by atoms with Gasteiger partial charge in [0.15, 0.2) is 0 Å². The van der Waals surface area contributed by atoms with Crippen LogP contribution in [0, 0.1) is 0 Å². The van der Waals surface area contributed by atoms with Gasteiger partial charge in [0.25, 0.3) is 0 Å². The molecule has 1 aliphatic rings. The molecule has 6 nitrogen and oxygen atoms in total. The first kappa shape index (κ1) is 21.4. The van der Waals surface area contributed by atoms with Crippen LogP contribution in [-0.2, 0) is 14.8 Å². The van der Waals surface area contributed by atoms with Crippen molar-refractivity contribution in [3.8, 4) is 5.75 Å². The summed E-state index contributed by atoms with van der Waals surface area (Å²) in [6.45, 7) is 1.58. The molecular weight excluding hydrogens is 412 g/mol. The maximum Gasteiger partial charge on any atom is 0.236 e. The molecule has 0 N–H and O–H groups in total. The van der Waals surface area contributed by atoms with E-state index in [-0.39, 0.29) is 32.0 Å². The van der Waals surface area contributed by atoms with Crippen LogP contribution in [0.4, 0.5) is 0 Å². The Morgan fingerprint density at radius 2 is 1.66 bits per heavy atom. The number of rotatable bonds is 7. The second-order valence-electron chi connectivity index (χ2n) is 6.59. The molecule has 2 aromatic rings. The Bertz CT molecular complexity index is 938. The molecule has 0 aliphatic carbocycles. The van der Waals surface area contributed by atoms with Crippen molar-refractivity contribution in [3.63, 3.8) is 0 Å². The number of piperazine rings is 1. The number of sulfonamides is 1. The SMILES string of the molecule is O=C(CCOc1ccc(Cl)cc1)N1CCN(S(=O)(=O)/C=C/c2ccccc2)CC1. The highest BCUT2D eigenvalue weighted by molar-refractivity contribution is 7.92. The average molecular weight is 435 g/mol. The fourth-order valence-corrected chi connectivity index (χ4v) is 4.25. The van der Waals surface area contributed by atoms with Crippen molar-refractivity contribution < 1.29 is 17.9 Å². The lowest BCUT2D eigenvalue weighted by atomic mass is 10.2. The summed E-state index contributed by atoms with van der Waals surface area (Å²) in [4.78, 5) is 14.0. The first-order valence-corrected chi connectivity index (χ1v) is 11.2. The number of nitrogens with zero attached hydrogens (tertiary/aromatic N) is 2. The van der Waals surface area contributed by atoms with Crippen molar-refractivity contribution in [2.24, 2.45) is 0 Å². The van der Waals surface area contributed by atoms with Crippen molar-refractivity contribution in [2.75, 3.05) is 32.8 Å². The number of hydrogen-bond acceptors (Lipinski definition) is 4. The Kier molecular flexibility index (Phi) is 7.30. The molecule has 1 fully saturated rings. The van der Waals surface area contributed by atoms with Crippen LogP contribution < -0.4 is 4.74 Å². The molecule has 8 heteroatoms. The number of ether oxygens (including phenoxy) is 1. The summed E-state index contributed by atoms with van der Waals surface area (Å²) in [5, 5.41) is 1.85. The van der Waals surface area contributed by atoms with Gasteiger partial charge >= 0.3 is 0 Å². The van der Waals surface area contributed by atoms with E-state index in [1.165, 1.54) is 9.71 Å². The third kappa shape index (κ3) is 6.32. The van der Waals surface area contributed by atoms with E-state index in [9.17, 15) is 13.2 Å². The van der Waals surface area contributed by atoms with E-state index in [0.29, 0.717) is 23.9 Å². The summed E-state index contributed by atoms with van der Waals surface area (Å²) in [7, 11) is -3.51. The number of hydrogen-bond donors (Lipinski definition) is 0. The zero-order chi connectivity index (χ0) is 20.7. The van der Waals surface area contributed by atoms with Gasteiger partial charge in [0.1, 0.15) is 5.75 Å². The van der Waals surface area contributed by atoms with Gasteiger partial charge in [0, 0.05) is 36.6 Å². The van der Waals surface area contributed by atoms with E-state index in [1.54, 1.807) is 35.2 Å². The molecule has 2 aromatic carbocycles. The maximum atomic E-state index is 12.5. The molecule has 29 heavy (non-hydrogen) atoms. The Morgan fingerprint density at radius 1 is 1.00 bits per heavy atom. The monoisotopic (exact) mass is 434 g/mol. The number of amides is 1. The minimum absolute atomic E-state index is 0.0455. The molecule has 1 amide bonds. The van der Waals surface area contributed by atoms with Gasteiger partial charge in [0.2, 0.25) is 15.9 Å².